The van der Waals surface area contributed by atoms with Crippen LogP contribution in [0.1, 0.15) is 15.2 Å². The predicted octanol–water partition coefficient (Wildman–Crippen LogP) is 4.33. The molecule has 0 saturated carbocycles. The summed E-state index contributed by atoms with van der Waals surface area (Å²) in [5, 5.41) is 0. The fourth-order valence-electron chi connectivity index (χ4n) is 1.26. The van der Waals surface area contributed by atoms with E-state index in [9.17, 15) is 4.79 Å². The molecule has 0 aliphatic carbocycles. The molecule has 0 amide bonds. The van der Waals surface area contributed by atoms with Crippen LogP contribution in [-0.4, -0.2) is 13.1 Å². The molecule has 5 heteroatoms. The van der Waals surface area contributed by atoms with E-state index in [0.717, 1.165) is 8.66 Å². The molecule has 0 unspecified atom stereocenters. The minimum Gasteiger partial charge on any atom is -0.465 e. The van der Waals surface area contributed by atoms with E-state index >= 15 is 0 Å². The molecule has 2 rings (SSSR count). The Labute approximate surface area is 110 Å². The second-order valence-corrected chi connectivity index (χ2v) is 6.68. The summed E-state index contributed by atoms with van der Waals surface area (Å²) in [6.07, 6.45) is 0. The highest BCUT2D eigenvalue weighted by Crippen LogP contribution is 2.38. The predicted molar refractivity (Wildman–Crippen MR) is 71.4 cm³/mol. The lowest BCUT2D eigenvalue weighted by molar-refractivity contribution is 0.0606. The highest BCUT2D eigenvalue weighted by atomic mass is 79.9. The number of carbonyl (C=O) groups is 1. The standard InChI is InChI=1S/C11H9BrO2S2/c1-6-5-9(16-10(6)12)7-3-4-8(15-7)11(13)14-2/h3-5H,1-2H3. The minimum absolute atomic E-state index is 0.274. The first-order valence-corrected chi connectivity index (χ1v) is 6.99. The largest absolute Gasteiger partial charge is 0.465 e. The van der Waals surface area contributed by atoms with Crippen molar-refractivity contribution in [3.63, 3.8) is 0 Å². The first kappa shape index (κ1) is 11.8. The lowest BCUT2D eigenvalue weighted by Gasteiger charge is -1.92. The zero-order valence-corrected chi connectivity index (χ0v) is 12.0. The van der Waals surface area contributed by atoms with Gasteiger partial charge in [0.2, 0.25) is 0 Å². The van der Waals surface area contributed by atoms with Gasteiger partial charge in [0.15, 0.2) is 0 Å². The molecule has 0 atom stereocenters. The molecule has 16 heavy (non-hydrogen) atoms. The van der Waals surface area contributed by atoms with Crippen LogP contribution in [0.4, 0.5) is 0 Å². The van der Waals surface area contributed by atoms with E-state index in [0.29, 0.717) is 4.88 Å². The lowest BCUT2D eigenvalue weighted by Crippen LogP contribution is -1.96. The number of aryl methyl sites for hydroxylation is 1. The fraction of sp³-hybridized carbons (Fsp3) is 0.182. The van der Waals surface area contributed by atoms with Crippen molar-refractivity contribution in [2.75, 3.05) is 7.11 Å². The van der Waals surface area contributed by atoms with Crippen LogP contribution < -0.4 is 0 Å². The summed E-state index contributed by atoms with van der Waals surface area (Å²) in [5.41, 5.74) is 1.22. The molecule has 0 aromatic carbocycles. The Bertz CT molecular complexity index is 508. The van der Waals surface area contributed by atoms with Crippen LogP contribution in [0.2, 0.25) is 0 Å². The number of halogens is 1. The Morgan fingerprint density at radius 2 is 2.06 bits per heavy atom. The van der Waals surface area contributed by atoms with Gasteiger partial charge in [0.1, 0.15) is 4.88 Å². The first-order valence-electron chi connectivity index (χ1n) is 4.56. The SMILES string of the molecule is COC(=O)c1ccc(-c2cc(C)c(Br)s2)s1. The molecule has 0 aliphatic rings. The van der Waals surface area contributed by atoms with Gasteiger partial charge in [-0.25, -0.2) is 4.79 Å². The van der Waals surface area contributed by atoms with Gasteiger partial charge in [0.25, 0.3) is 0 Å². The van der Waals surface area contributed by atoms with Crippen molar-refractivity contribution in [2.45, 2.75) is 6.92 Å². The summed E-state index contributed by atoms with van der Waals surface area (Å²) in [4.78, 5) is 14.2. The van der Waals surface area contributed by atoms with Gasteiger partial charge in [-0.1, -0.05) is 0 Å². The molecule has 0 spiro atoms. The molecular weight excluding hydrogens is 308 g/mol. The third kappa shape index (κ3) is 2.21. The van der Waals surface area contributed by atoms with E-state index < -0.39 is 0 Å². The minimum atomic E-state index is -0.274. The van der Waals surface area contributed by atoms with Crippen LogP contribution >= 0.6 is 38.6 Å². The molecule has 2 aromatic heterocycles. The Morgan fingerprint density at radius 3 is 2.62 bits per heavy atom. The second-order valence-electron chi connectivity index (χ2n) is 3.22. The van der Waals surface area contributed by atoms with Gasteiger partial charge >= 0.3 is 5.97 Å². The molecule has 84 valence electrons. The van der Waals surface area contributed by atoms with Crippen molar-refractivity contribution < 1.29 is 9.53 Å². The number of methoxy groups -OCH3 is 1. The normalized spacial score (nSPS) is 10.4. The summed E-state index contributed by atoms with van der Waals surface area (Å²) in [5.74, 6) is -0.274. The van der Waals surface area contributed by atoms with Crippen molar-refractivity contribution in [1.29, 1.82) is 0 Å². The number of rotatable bonds is 2. The van der Waals surface area contributed by atoms with E-state index in [2.05, 4.69) is 33.7 Å². The summed E-state index contributed by atoms with van der Waals surface area (Å²) < 4.78 is 5.81. The van der Waals surface area contributed by atoms with E-state index in [1.54, 1.807) is 17.4 Å². The van der Waals surface area contributed by atoms with Crippen LogP contribution in [-0.2, 0) is 4.74 Å². The van der Waals surface area contributed by atoms with Gasteiger partial charge in [0, 0.05) is 9.75 Å². The van der Waals surface area contributed by atoms with Crippen LogP contribution in [0.5, 0.6) is 0 Å². The quantitative estimate of drug-likeness (QED) is 0.771. The maximum atomic E-state index is 11.3. The van der Waals surface area contributed by atoms with Gasteiger partial charge in [-0.15, -0.1) is 22.7 Å². The number of ether oxygens (including phenoxy) is 1. The number of hydrogen-bond acceptors (Lipinski definition) is 4. The molecule has 0 aliphatic heterocycles. The highest BCUT2D eigenvalue weighted by Gasteiger charge is 2.12. The molecule has 2 aromatic rings. The molecule has 2 heterocycles. The van der Waals surface area contributed by atoms with Crippen molar-refractivity contribution in [2.24, 2.45) is 0 Å². The van der Waals surface area contributed by atoms with Gasteiger partial charge in [-0.2, -0.15) is 0 Å². The molecule has 0 bridgehead atoms. The molecule has 0 fully saturated rings. The number of esters is 1. The Balaban J connectivity index is 2.35. The number of carbonyl (C=O) groups excluding carboxylic acids is 1. The van der Waals surface area contributed by atoms with Gasteiger partial charge in [-0.3, -0.25) is 0 Å². The average Bonchev–Trinajstić information content (AvgIpc) is 2.86. The van der Waals surface area contributed by atoms with E-state index in [1.807, 2.05) is 6.07 Å². The summed E-state index contributed by atoms with van der Waals surface area (Å²) in [6, 6.07) is 5.87. The first-order chi connectivity index (χ1) is 7.61. The van der Waals surface area contributed by atoms with Gasteiger partial charge in [-0.05, 0) is 46.6 Å². The highest BCUT2D eigenvalue weighted by molar-refractivity contribution is 9.11. The third-order valence-electron chi connectivity index (χ3n) is 2.09. The van der Waals surface area contributed by atoms with Crippen LogP contribution in [0.3, 0.4) is 0 Å². The van der Waals surface area contributed by atoms with Gasteiger partial charge in [0.05, 0.1) is 10.9 Å². The molecule has 0 N–H and O–H groups in total. The van der Waals surface area contributed by atoms with Crippen molar-refractivity contribution in [3.05, 3.63) is 32.4 Å². The maximum Gasteiger partial charge on any atom is 0.348 e. The summed E-state index contributed by atoms with van der Waals surface area (Å²) in [6.45, 7) is 2.05. The summed E-state index contributed by atoms with van der Waals surface area (Å²) in [7, 11) is 1.40. The Morgan fingerprint density at radius 1 is 1.31 bits per heavy atom. The zero-order chi connectivity index (χ0) is 11.7. The third-order valence-corrected chi connectivity index (χ3v) is 5.49. The van der Waals surface area contributed by atoms with E-state index in [-0.39, 0.29) is 5.97 Å². The second kappa shape index (κ2) is 4.69. The Kier molecular flexibility index (Phi) is 3.47. The lowest BCUT2D eigenvalue weighted by atomic mass is 10.3. The molecule has 0 saturated heterocycles. The van der Waals surface area contributed by atoms with Crippen LogP contribution in [0.25, 0.3) is 9.75 Å². The van der Waals surface area contributed by atoms with E-state index in [1.165, 1.54) is 28.9 Å². The Hall–Kier alpha value is -0.650. The molecule has 0 radical (unpaired) electrons. The average molecular weight is 317 g/mol. The fourth-order valence-corrected chi connectivity index (χ4v) is 3.80. The van der Waals surface area contributed by atoms with E-state index in [4.69, 9.17) is 0 Å². The number of thiophene rings is 2. The topological polar surface area (TPSA) is 26.3 Å². The van der Waals surface area contributed by atoms with Crippen molar-refractivity contribution in [1.82, 2.24) is 0 Å². The molecular formula is C11H9BrO2S2. The van der Waals surface area contributed by atoms with Gasteiger partial charge < -0.3 is 4.74 Å². The van der Waals surface area contributed by atoms with Crippen LogP contribution in [0, 0.1) is 6.92 Å². The molecule has 2 nitrogen and oxygen atoms in total. The smallest absolute Gasteiger partial charge is 0.348 e. The zero-order valence-electron chi connectivity index (χ0n) is 8.74. The van der Waals surface area contributed by atoms with Crippen LogP contribution in [0.15, 0.2) is 22.0 Å². The monoisotopic (exact) mass is 316 g/mol. The summed E-state index contributed by atoms with van der Waals surface area (Å²) >= 11 is 6.63. The number of hydrogen-bond donors (Lipinski definition) is 0. The maximum absolute atomic E-state index is 11.3. The van der Waals surface area contributed by atoms with Crippen molar-refractivity contribution >= 4 is 44.6 Å². The van der Waals surface area contributed by atoms with Crippen molar-refractivity contribution in [3.8, 4) is 9.75 Å².